The zero-order valence-corrected chi connectivity index (χ0v) is 12.4. The fourth-order valence-electron chi connectivity index (χ4n) is 2.08. The number of halogens is 2. The molecule has 0 heterocycles. The first-order chi connectivity index (χ1) is 9.88. The number of hydrogen-bond donors (Lipinski definition) is 1. The summed E-state index contributed by atoms with van der Waals surface area (Å²) in [5, 5.41) is 14.4. The summed E-state index contributed by atoms with van der Waals surface area (Å²) in [6.07, 6.45) is 0. The maximum Gasteiger partial charge on any atom is 0.274 e. The number of nitrogens with zero attached hydrogens (tertiary/aromatic N) is 1. The molecule has 2 rings (SSSR count). The summed E-state index contributed by atoms with van der Waals surface area (Å²) in [4.78, 5) is 10.6. The van der Waals surface area contributed by atoms with Gasteiger partial charge < -0.3 is 5.32 Å². The first-order valence-electron chi connectivity index (χ1n) is 6.32. The maximum absolute atomic E-state index is 13.0. The summed E-state index contributed by atoms with van der Waals surface area (Å²) in [6, 6.07) is 7.41. The normalized spacial score (nSPS) is 10.5. The van der Waals surface area contributed by atoms with E-state index in [1.807, 2.05) is 6.92 Å². The van der Waals surface area contributed by atoms with Crippen molar-refractivity contribution >= 4 is 23.0 Å². The molecule has 0 radical (unpaired) electrons. The van der Waals surface area contributed by atoms with Gasteiger partial charge in [0.25, 0.3) is 5.69 Å². The van der Waals surface area contributed by atoms with Crippen LogP contribution in [0.2, 0.25) is 5.02 Å². The van der Waals surface area contributed by atoms with E-state index in [4.69, 9.17) is 11.6 Å². The van der Waals surface area contributed by atoms with E-state index in [0.717, 1.165) is 11.1 Å². The summed E-state index contributed by atoms with van der Waals surface area (Å²) in [5.41, 5.74) is 2.96. The molecule has 0 saturated carbocycles. The van der Waals surface area contributed by atoms with Crippen LogP contribution in [0.15, 0.2) is 30.3 Å². The van der Waals surface area contributed by atoms with Gasteiger partial charge in [-0.1, -0.05) is 17.7 Å². The van der Waals surface area contributed by atoms with Crippen LogP contribution in [0.1, 0.15) is 16.7 Å². The van der Waals surface area contributed by atoms with E-state index in [1.54, 1.807) is 19.1 Å². The third-order valence-electron chi connectivity index (χ3n) is 3.22. The van der Waals surface area contributed by atoms with Gasteiger partial charge in [-0.15, -0.1) is 0 Å². The first kappa shape index (κ1) is 15.3. The Kier molecular flexibility index (Phi) is 4.43. The van der Waals surface area contributed by atoms with E-state index >= 15 is 0 Å². The highest BCUT2D eigenvalue weighted by molar-refractivity contribution is 6.31. The van der Waals surface area contributed by atoms with E-state index in [0.29, 0.717) is 22.8 Å². The molecular formula is C15H14ClFN2O2. The number of anilines is 1. The third-order valence-corrected chi connectivity index (χ3v) is 3.58. The number of hydrogen-bond acceptors (Lipinski definition) is 3. The van der Waals surface area contributed by atoms with Gasteiger partial charge in [0.2, 0.25) is 0 Å². The number of rotatable bonds is 4. The van der Waals surface area contributed by atoms with Gasteiger partial charge in [-0.05, 0) is 43.2 Å². The van der Waals surface area contributed by atoms with Crippen molar-refractivity contribution in [3.8, 4) is 0 Å². The Bertz CT molecular complexity index is 704. The van der Waals surface area contributed by atoms with Crippen LogP contribution in [0.3, 0.4) is 0 Å². The Hall–Kier alpha value is -2.14. The van der Waals surface area contributed by atoms with Crippen molar-refractivity contribution in [3.63, 3.8) is 0 Å². The third kappa shape index (κ3) is 3.49. The standard InChI is InChI=1S/C15H14ClFN2O2/c1-9-5-10(2)15(19(20)21)7-14(9)18-8-11-3-4-12(17)6-13(11)16/h3-7,18H,8H2,1-2H3. The van der Waals surface area contributed by atoms with Crippen molar-refractivity contribution in [1.29, 1.82) is 0 Å². The van der Waals surface area contributed by atoms with E-state index in [1.165, 1.54) is 18.2 Å². The molecule has 110 valence electrons. The molecule has 6 heteroatoms. The molecule has 0 atom stereocenters. The smallest absolute Gasteiger partial charge is 0.274 e. The molecule has 4 nitrogen and oxygen atoms in total. The van der Waals surface area contributed by atoms with Gasteiger partial charge in [0, 0.05) is 28.9 Å². The van der Waals surface area contributed by atoms with Gasteiger partial charge >= 0.3 is 0 Å². The Labute approximate surface area is 126 Å². The fourth-order valence-corrected chi connectivity index (χ4v) is 2.32. The van der Waals surface area contributed by atoms with Crippen molar-refractivity contribution in [3.05, 3.63) is 68.0 Å². The summed E-state index contributed by atoms with van der Waals surface area (Å²) in [5.74, 6) is -0.397. The van der Waals surface area contributed by atoms with Crippen LogP contribution in [0.4, 0.5) is 15.8 Å². The van der Waals surface area contributed by atoms with E-state index in [-0.39, 0.29) is 5.69 Å². The van der Waals surface area contributed by atoms with Gasteiger partial charge in [0.05, 0.1) is 4.92 Å². The second-order valence-electron chi connectivity index (χ2n) is 4.80. The van der Waals surface area contributed by atoms with Crippen LogP contribution in [0.5, 0.6) is 0 Å². The molecule has 0 amide bonds. The maximum atomic E-state index is 13.0. The monoisotopic (exact) mass is 308 g/mol. The molecule has 0 aliphatic carbocycles. The fraction of sp³-hybridized carbons (Fsp3) is 0.200. The molecule has 0 bridgehead atoms. The van der Waals surface area contributed by atoms with Gasteiger partial charge in [0.15, 0.2) is 0 Å². The highest BCUT2D eigenvalue weighted by Crippen LogP contribution is 2.27. The predicted molar refractivity (Wildman–Crippen MR) is 81.3 cm³/mol. The van der Waals surface area contributed by atoms with Crippen LogP contribution in [0.25, 0.3) is 0 Å². The van der Waals surface area contributed by atoms with Crippen molar-refractivity contribution in [2.75, 3.05) is 5.32 Å². The number of nitro benzene ring substituents is 1. The van der Waals surface area contributed by atoms with E-state index in [2.05, 4.69) is 5.32 Å². The lowest BCUT2D eigenvalue weighted by atomic mass is 10.1. The van der Waals surface area contributed by atoms with E-state index in [9.17, 15) is 14.5 Å². The Morgan fingerprint density at radius 2 is 1.95 bits per heavy atom. The minimum Gasteiger partial charge on any atom is -0.380 e. The zero-order chi connectivity index (χ0) is 15.6. The van der Waals surface area contributed by atoms with Crippen LogP contribution in [0, 0.1) is 29.8 Å². The Balaban J connectivity index is 2.23. The average molecular weight is 309 g/mol. The number of benzene rings is 2. The summed E-state index contributed by atoms with van der Waals surface area (Å²) in [6.45, 7) is 3.93. The molecule has 2 aromatic carbocycles. The lowest BCUT2D eigenvalue weighted by molar-refractivity contribution is -0.385. The highest BCUT2D eigenvalue weighted by atomic mass is 35.5. The summed E-state index contributed by atoms with van der Waals surface area (Å²) < 4.78 is 13.0. The van der Waals surface area contributed by atoms with Crippen LogP contribution >= 0.6 is 11.6 Å². The molecule has 0 aliphatic heterocycles. The summed E-state index contributed by atoms with van der Waals surface area (Å²) >= 11 is 5.95. The predicted octanol–water partition coefficient (Wildman–Crippen LogP) is 4.62. The van der Waals surface area contributed by atoms with Crippen molar-refractivity contribution in [2.45, 2.75) is 20.4 Å². The Morgan fingerprint density at radius 1 is 1.24 bits per heavy atom. The van der Waals surface area contributed by atoms with Gasteiger partial charge in [-0.2, -0.15) is 0 Å². The van der Waals surface area contributed by atoms with E-state index < -0.39 is 10.7 Å². The largest absolute Gasteiger partial charge is 0.380 e. The van der Waals surface area contributed by atoms with Gasteiger partial charge in [-0.3, -0.25) is 10.1 Å². The topological polar surface area (TPSA) is 55.2 Å². The molecular weight excluding hydrogens is 295 g/mol. The minimum absolute atomic E-state index is 0.0632. The van der Waals surface area contributed by atoms with Crippen molar-refractivity contribution < 1.29 is 9.31 Å². The molecule has 0 fully saturated rings. The molecule has 0 aliphatic rings. The van der Waals surface area contributed by atoms with Crippen LogP contribution in [-0.2, 0) is 6.54 Å². The van der Waals surface area contributed by atoms with Crippen LogP contribution in [-0.4, -0.2) is 4.92 Å². The minimum atomic E-state index is -0.412. The number of nitro groups is 1. The van der Waals surface area contributed by atoms with Gasteiger partial charge in [0.1, 0.15) is 5.82 Å². The second-order valence-corrected chi connectivity index (χ2v) is 5.21. The molecule has 0 saturated heterocycles. The number of aryl methyl sites for hydroxylation is 2. The SMILES string of the molecule is Cc1cc(C)c([N+](=O)[O-])cc1NCc1ccc(F)cc1Cl. The highest BCUT2D eigenvalue weighted by Gasteiger charge is 2.13. The molecule has 0 aromatic heterocycles. The number of nitrogens with one attached hydrogen (secondary N) is 1. The molecule has 0 unspecified atom stereocenters. The molecule has 21 heavy (non-hydrogen) atoms. The van der Waals surface area contributed by atoms with Crippen molar-refractivity contribution in [2.24, 2.45) is 0 Å². The second kappa shape index (κ2) is 6.10. The molecule has 0 spiro atoms. The Morgan fingerprint density at radius 3 is 2.57 bits per heavy atom. The van der Waals surface area contributed by atoms with Crippen LogP contribution < -0.4 is 5.32 Å². The zero-order valence-electron chi connectivity index (χ0n) is 11.6. The first-order valence-corrected chi connectivity index (χ1v) is 6.69. The summed E-state index contributed by atoms with van der Waals surface area (Å²) in [7, 11) is 0. The average Bonchev–Trinajstić information content (AvgIpc) is 2.39. The molecule has 2 aromatic rings. The lowest BCUT2D eigenvalue weighted by Crippen LogP contribution is -2.03. The lowest BCUT2D eigenvalue weighted by Gasteiger charge is -2.12. The van der Waals surface area contributed by atoms with Crippen molar-refractivity contribution in [1.82, 2.24) is 0 Å². The quantitative estimate of drug-likeness (QED) is 0.662. The molecule has 1 N–H and O–H groups in total. The van der Waals surface area contributed by atoms with Gasteiger partial charge in [-0.25, -0.2) is 4.39 Å².